The van der Waals surface area contributed by atoms with Crippen LogP contribution in [-0.2, 0) is 0 Å². The average Bonchev–Trinajstić information content (AvgIpc) is 3.01. The summed E-state index contributed by atoms with van der Waals surface area (Å²) in [5, 5.41) is 3.91. The smallest absolute Gasteiger partial charge is 0.257 e. The van der Waals surface area contributed by atoms with E-state index in [4.69, 9.17) is 0 Å². The van der Waals surface area contributed by atoms with Crippen molar-refractivity contribution in [1.82, 2.24) is 0 Å². The molecule has 7 heteroatoms. The number of hydrogen-bond donors (Lipinski definition) is 1. The van der Waals surface area contributed by atoms with Crippen molar-refractivity contribution in [2.75, 3.05) is 53.1 Å². The lowest BCUT2D eigenvalue weighted by atomic mass is 9.28. The zero-order valence-corrected chi connectivity index (χ0v) is 23.5. The molecule has 10 rings (SSSR count). The van der Waals surface area contributed by atoms with Crippen molar-refractivity contribution < 1.29 is 0 Å². The van der Waals surface area contributed by atoms with E-state index in [0.29, 0.717) is 0 Å². The molecule has 5 aliphatic rings. The van der Waals surface area contributed by atoms with Crippen molar-refractivity contribution in [1.29, 1.82) is 0 Å². The van der Waals surface area contributed by atoms with E-state index < -0.39 is 0 Å². The van der Waals surface area contributed by atoms with Gasteiger partial charge in [-0.15, -0.1) is 0 Å². The lowest BCUT2D eigenvalue weighted by molar-refractivity contribution is 1.16. The number of hydrogen-bond acceptors (Lipinski definition) is 5. The first kappa shape index (κ1) is 22.0. The van der Waals surface area contributed by atoms with Crippen molar-refractivity contribution >= 4 is 103 Å². The van der Waals surface area contributed by atoms with Crippen LogP contribution in [-0.4, -0.2) is 41.6 Å². The molecule has 1 N–H and O–H groups in total. The fraction of sp³-hybridized carbons (Fsp3) is 0.118. The molecule has 5 nitrogen and oxygen atoms in total. The van der Waals surface area contributed by atoms with E-state index in [-0.39, 0.29) is 13.4 Å². The molecule has 0 fully saturated rings. The quantitative estimate of drug-likeness (QED) is 0.307. The van der Waals surface area contributed by atoms with Crippen LogP contribution in [0.4, 0.5) is 56.9 Å². The lowest BCUT2D eigenvalue weighted by Gasteiger charge is -2.49. The van der Waals surface area contributed by atoms with Crippen molar-refractivity contribution in [3.8, 4) is 0 Å². The summed E-state index contributed by atoms with van der Waals surface area (Å²) >= 11 is 0. The fourth-order valence-corrected chi connectivity index (χ4v) is 8.69. The minimum atomic E-state index is 0.148. The highest BCUT2D eigenvalue weighted by Gasteiger charge is 2.50. The van der Waals surface area contributed by atoms with Crippen molar-refractivity contribution in [2.24, 2.45) is 0 Å². The van der Waals surface area contributed by atoms with Gasteiger partial charge >= 0.3 is 0 Å². The number of nitrogens with zero attached hydrogens (tertiary/aromatic N) is 4. The Morgan fingerprint density at radius 2 is 0.976 bits per heavy atom. The van der Waals surface area contributed by atoms with E-state index >= 15 is 0 Å². The van der Waals surface area contributed by atoms with Crippen LogP contribution < -0.4 is 57.7 Å². The molecular formula is C34H27B2N5. The molecule has 5 aromatic carbocycles. The van der Waals surface area contributed by atoms with Gasteiger partial charge in [0, 0.05) is 85.1 Å². The minimum absolute atomic E-state index is 0.148. The first-order valence-electron chi connectivity index (χ1n) is 14.4. The van der Waals surface area contributed by atoms with E-state index in [2.05, 4.69) is 138 Å². The number of nitrogens with one attached hydrogen (secondary N) is 1. The summed E-state index contributed by atoms with van der Waals surface area (Å²) in [6.07, 6.45) is 0. The molecule has 0 spiro atoms. The number of benzene rings is 5. The fourth-order valence-electron chi connectivity index (χ4n) is 8.69. The van der Waals surface area contributed by atoms with Gasteiger partial charge in [-0.25, -0.2) is 0 Å². The molecule has 0 aromatic heterocycles. The Hall–Kier alpha value is -4.77. The molecule has 0 atom stereocenters. The Bertz CT molecular complexity index is 2040. The largest absolute Gasteiger partial charge is 0.356 e. The van der Waals surface area contributed by atoms with Crippen LogP contribution in [0.1, 0.15) is 0 Å². The summed E-state index contributed by atoms with van der Waals surface area (Å²) in [5.41, 5.74) is 21.2. The first-order chi connectivity index (χ1) is 20.0. The third kappa shape index (κ3) is 2.37. The number of fused-ring (bicyclic) bond motifs is 5. The summed E-state index contributed by atoms with van der Waals surface area (Å²) in [6, 6.07) is 31.8. The van der Waals surface area contributed by atoms with Crippen LogP contribution >= 0.6 is 0 Å². The van der Waals surface area contributed by atoms with Gasteiger partial charge in [-0.05, 0) is 81.3 Å². The number of rotatable bonds is 0. The predicted octanol–water partition coefficient (Wildman–Crippen LogP) is 3.10. The van der Waals surface area contributed by atoms with Crippen LogP contribution in [0.2, 0.25) is 0 Å². The van der Waals surface area contributed by atoms with Gasteiger partial charge < -0.3 is 24.9 Å². The van der Waals surface area contributed by atoms with Crippen LogP contribution in [0.5, 0.6) is 0 Å². The first-order valence-corrected chi connectivity index (χ1v) is 14.4. The Balaban J connectivity index is 1.36. The summed E-state index contributed by atoms with van der Waals surface area (Å²) in [5.74, 6) is 0. The molecule has 194 valence electrons. The second-order valence-electron chi connectivity index (χ2n) is 12.1. The molecule has 0 bridgehead atoms. The Morgan fingerprint density at radius 3 is 1.71 bits per heavy atom. The highest BCUT2D eigenvalue weighted by atomic mass is 15.2. The summed E-state index contributed by atoms with van der Waals surface area (Å²) in [4.78, 5) is 9.66. The van der Waals surface area contributed by atoms with E-state index in [9.17, 15) is 0 Å². The van der Waals surface area contributed by atoms with Gasteiger partial charge in [0.15, 0.2) is 0 Å². The molecule has 5 aliphatic heterocycles. The van der Waals surface area contributed by atoms with Gasteiger partial charge in [0.05, 0.1) is 0 Å². The van der Waals surface area contributed by atoms with E-state index in [1.807, 2.05) is 0 Å². The Labute approximate surface area is 240 Å². The molecule has 0 radical (unpaired) electrons. The van der Waals surface area contributed by atoms with Crippen LogP contribution in [0.15, 0.2) is 84.9 Å². The molecule has 0 saturated heterocycles. The zero-order chi connectivity index (χ0) is 27.3. The maximum absolute atomic E-state index is 3.91. The summed E-state index contributed by atoms with van der Waals surface area (Å²) < 4.78 is 0. The van der Waals surface area contributed by atoms with Crippen LogP contribution in [0.25, 0.3) is 0 Å². The highest BCUT2D eigenvalue weighted by molar-refractivity contribution is 7.05. The van der Waals surface area contributed by atoms with Crippen molar-refractivity contribution in [3.63, 3.8) is 0 Å². The molecular weight excluding hydrogens is 500 g/mol. The third-order valence-corrected chi connectivity index (χ3v) is 10.4. The second kappa shape index (κ2) is 7.10. The van der Waals surface area contributed by atoms with Gasteiger partial charge in [-0.3, -0.25) is 0 Å². The van der Waals surface area contributed by atoms with Gasteiger partial charge in [-0.2, -0.15) is 0 Å². The normalized spacial score (nSPS) is 15.7. The van der Waals surface area contributed by atoms with E-state index in [0.717, 1.165) is 0 Å². The van der Waals surface area contributed by atoms with E-state index in [1.165, 1.54) is 89.7 Å². The second-order valence-corrected chi connectivity index (χ2v) is 12.1. The van der Waals surface area contributed by atoms with Crippen LogP contribution in [0.3, 0.4) is 0 Å². The molecule has 5 heterocycles. The SMILES string of the molecule is CN1c2ccccc2B2c3c1cccc3N(C)c1cc3c4c(c12)N(C)c1cccc2c1B4c1c(cccc1N2C)N3. The lowest BCUT2D eigenvalue weighted by Crippen LogP contribution is -2.68. The predicted molar refractivity (Wildman–Crippen MR) is 177 cm³/mol. The third-order valence-electron chi connectivity index (χ3n) is 10.4. The number of anilines is 10. The molecule has 5 aromatic rings. The van der Waals surface area contributed by atoms with Gasteiger partial charge in [-0.1, -0.05) is 36.4 Å². The monoisotopic (exact) mass is 527 g/mol. The topological polar surface area (TPSA) is 25.0 Å². The van der Waals surface area contributed by atoms with Gasteiger partial charge in [0.1, 0.15) is 0 Å². The standard InChI is InChI=1S/C34H27B2N5/c1-38-22-12-6-5-10-19(22)35-31-24(38)14-8-15-25(31)40(3)28-18-21-30-34(33(28)35)41(4)27-17-9-16-26-32(27)36(30)29-20(37-21)11-7-13-23(29)39(26)2/h5-18,37H,1-4H3. The number of para-hydroxylation sites is 1. The minimum Gasteiger partial charge on any atom is -0.356 e. The maximum atomic E-state index is 3.91. The maximum Gasteiger partial charge on any atom is 0.257 e. The van der Waals surface area contributed by atoms with Crippen molar-refractivity contribution in [3.05, 3.63) is 84.9 Å². The molecule has 0 aliphatic carbocycles. The summed E-state index contributed by atoms with van der Waals surface area (Å²) in [7, 11) is 8.94. The molecule has 41 heavy (non-hydrogen) atoms. The van der Waals surface area contributed by atoms with Crippen LogP contribution in [0, 0.1) is 0 Å². The van der Waals surface area contributed by atoms with Crippen molar-refractivity contribution in [2.45, 2.75) is 0 Å². The Morgan fingerprint density at radius 1 is 0.439 bits per heavy atom. The average molecular weight is 527 g/mol. The molecule has 0 amide bonds. The zero-order valence-electron chi connectivity index (χ0n) is 23.5. The summed E-state index contributed by atoms with van der Waals surface area (Å²) in [6.45, 7) is 0.343. The Kier molecular flexibility index (Phi) is 3.81. The highest BCUT2D eigenvalue weighted by Crippen LogP contribution is 2.44. The molecule has 0 saturated carbocycles. The van der Waals surface area contributed by atoms with Gasteiger partial charge in [0.2, 0.25) is 0 Å². The van der Waals surface area contributed by atoms with Gasteiger partial charge in [0.25, 0.3) is 13.4 Å². The molecule has 0 unspecified atom stereocenters. The van der Waals surface area contributed by atoms with E-state index in [1.54, 1.807) is 0 Å².